The number of nitrogens with zero attached hydrogens (tertiary/aromatic N) is 1. The number of aromatic nitrogens is 1. The van der Waals surface area contributed by atoms with Crippen LogP contribution in [0.4, 0.5) is 18.9 Å². The first-order chi connectivity index (χ1) is 9.77. The topological polar surface area (TPSA) is 24.9 Å². The molecule has 0 aliphatic rings. The van der Waals surface area contributed by atoms with Gasteiger partial charge in [-0.05, 0) is 37.5 Å². The standard InChI is InChI=1S/C16H19F3N2/c1-10(2)6-7-20-14-8-11(3)21-15-9-12(16(17,18)19)4-5-13(14)15/h4-5,8-10H,6-7H2,1-3H3,(H,20,21). The summed E-state index contributed by atoms with van der Waals surface area (Å²) < 4.78 is 38.3. The number of hydrogen-bond acceptors (Lipinski definition) is 2. The Balaban J connectivity index is 2.38. The molecule has 1 N–H and O–H groups in total. The molecule has 0 aliphatic heterocycles. The maximum atomic E-state index is 12.8. The molecule has 1 heterocycles. The third-order valence-corrected chi connectivity index (χ3v) is 3.30. The van der Waals surface area contributed by atoms with Gasteiger partial charge in [-0.1, -0.05) is 19.9 Å². The number of aryl methyl sites for hydroxylation is 1. The Kier molecular flexibility index (Phi) is 4.40. The third-order valence-electron chi connectivity index (χ3n) is 3.30. The van der Waals surface area contributed by atoms with Gasteiger partial charge in [-0.15, -0.1) is 0 Å². The second-order valence-electron chi connectivity index (χ2n) is 5.65. The normalized spacial score (nSPS) is 12.1. The molecule has 5 heteroatoms. The summed E-state index contributed by atoms with van der Waals surface area (Å²) in [6.45, 7) is 6.84. The van der Waals surface area contributed by atoms with E-state index in [9.17, 15) is 13.2 Å². The van der Waals surface area contributed by atoms with Crippen LogP contribution in [0, 0.1) is 12.8 Å². The zero-order valence-electron chi connectivity index (χ0n) is 12.4. The van der Waals surface area contributed by atoms with E-state index in [1.54, 1.807) is 6.92 Å². The van der Waals surface area contributed by atoms with Gasteiger partial charge in [0, 0.05) is 23.3 Å². The third kappa shape index (κ3) is 3.86. The van der Waals surface area contributed by atoms with Gasteiger partial charge in [-0.2, -0.15) is 13.2 Å². The highest BCUT2D eigenvalue weighted by atomic mass is 19.4. The van der Waals surface area contributed by atoms with Crippen LogP contribution in [0.25, 0.3) is 10.9 Å². The van der Waals surface area contributed by atoms with Gasteiger partial charge in [0.2, 0.25) is 0 Å². The molecule has 114 valence electrons. The van der Waals surface area contributed by atoms with Gasteiger partial charge in [0.15, 0.2) is 0 Å². The fourth-order valence-corrected chi connectivity index (χ4v) is 2.18. The van der Waals surface area contributed by atoms with Crippen LogP contribution < -0.4 is 5.32 Å². The van der Waals surface area contributed by atoms with Crippen molar-refractivity contribution in [2.24, 2.45) is 5.92 Å². The average molecular weight is 296 g/mol. The Morgan fingerprint density at radius 3 is 2.52 bits per heavy atom. The minimum absolute atomic E-state index is 0.372. The number of pyridine rings is 1. The fraction of sp³-hybridized carbons (Fsp3) is 0.438. The molecule has 2 nitrogen and oxygen atoms in total. The maximum Gasteiger partial charge on any atom is 0.416 e. The van der Waals surface area contributed by atoms with Crippen molar-refractivity contribution in [1.29, 1.82) is 0 Å². The predicted octanol–water partition coefficient (Wildman–Crippen LogP) is 5.02. The first-order valence-electron chi connectivity index (χ1n) is 7.00. The van der Waals surface area contributed by atoms with Gasteiger partial charge < -0.3 is 5.32 Å². The van der Waals surface area contributed by atoms with Gasteiger partial charge in [0.25, 0.3) is 0 Å². The second-order valence-corrected chi connectivity index (χ2v) is 5.65. The van der Waals surface area contributed by atoms with Crippen LogP contribution in [-0.4, -0.2) is 11.5 Å². The van der Waals surface area contributed by atoms with E-state index in [1.165, 1.54) is 6.07 Å². The van der Waals surface area contributed by atoms with Crippen LogP contribution in [0.1, 0.15) is 31.5 Å². The minimum Gasteiger partial charge on any atom is -0.384 e. The lowest BCUT2D eigenvalue weighted by molar-refractivity contribution is -0.137. The Morgan fingerprint density at radius 1 is 1.19 bits per heavy atom. The van der Waals surface area contributed by atoms with E-state index in [2.05, 4.69) is 24.1 Å². The summed E-state index contributed by atoms with van der Waals surface area (Å²) in [5.41, 5.74) is 1.25. The Hall–Kier alpha value is -1.78. The monoisotopic (exact) mass is 296 g/mol. The zero-order chi connectivity index (χ0) is 15.6. The first-order valence-corrected chi connectivity index (χ1v) is 7.00. The minimum atomic E-state index is -4.34. The molecule has 0 unspecified atom stereocenters. The molecule has 0 amide bonds. The Labute approximate surface area is 122 Å². The summed E-state index contributed by atoms with van der Waals surface area (Å²) >= 11 is 0. The Morgan fingerprint density at radius 2 is 1.90 bits per heavy atom. The first kappa shape index (κ1) is 15.6. The van der Waals surface area contributed by atoms with Crippen molar-refractivity contribution in [1.82, 2.24) is 4.98 Å². The number of anilines is 1. The van der Waals surface area contributed by atoms with Crippen LogP contribution >= 0.6 is 0 Å². The number of nitrogens with one attached hydrogen (secondary N) is 1. The van der Waals surface area contributed by atoms with E-state index < -0.39 is 11.7 Å². The van der Waals surface area contributed by atoms with Gasteiger partial charge in [-0.3, -0.25) is 4.98 Å². The highest BCUT2D eigenvalue weighted by molar-refractivity contribution is 5.91. The summed E-state index contributed by atoms with van der Waals surface area (Å²) in [4.78, 5) is 4.21. The molecule has 0 bridgehead atoms. The molecule has 1 aromatic heterocycles. The van der Waals surface area contributed by atoms with Crippen molar-refractivity contribution in [3.63, 3.8) is 0 Å². The number of rotatable bonds is 4. The molecule has 0 saturated carbocycles. The maximum absolute atomic E-state index is 12.8. The summed E-state index contributed by atoms with van der Waals surface area (Å²) in [7, 11) is 0. The van der Waals surface area contributed by atoms with Crippen molar-refractivity contribution >= 4 is 16.6 Å². The van der Waals surface area contributed by atoms with E-state index in [4.69, 9.17) is 0 Å². The SMILES string of the molecule is Cc1cc(NCCC(C)C)c2ccc(C(F)(F)F)cc2n1. The predicted molar refractivity (Wildman–Crippen MR) is 79.4 cm³/mol. The molecule has 2 aromatic rings. The molecule has 0 fully saturated rings. The van der Waals surface area contributed by atoms with Crippen molar-refractivity contribution in [2.45, 2.75) is 33.4 Å². The number of halogens is 3. The highest BCUT2D eigenvalue weighted by Gasteiger charge is 2.30. The number of alkyl halides is 3. The van der Waals surface area contributed by atoms with Gasteiger partial charge in [0.05, 0.1) is 11.1 Å². The van der Waals surface area contributed by atoms with Crippen molar-refractivity contribution in [2.75, 3.05) is 11.9 Å². The quantitative estimate of drug-likeness (QED) is 0.857. The van der Waals surface area contributed by atoms with Crippen molar-refractivity contribution in [3.8, 4) is 0 Å². The fourth-order valence-electron chi connectivity index (χ4n) is 2.18. The van der Waals surface area contributed by atoms with Crippen LogP contribution in [0.5, 0.6) is 0 Å². The van der Waals surface area contributed by atoms with Crippen LogP contribution in [0.2, 0.25) is 0 Å². The average Bonchev–Trinajstić information content (AvgIpc) is 2.36. The van der Waals surface area contributed by atoms with E-state index in [1.807, 2.05) is 6.07 Å². The second kappa shape index (κ2) is 5.92. The summed E-state index contributed by atoms with van der Waals surface area (Å²) in [6.07, 6.45) is -3.34. The molecule has 0 spiro atoms. The van der Waals surface area contributed by atoms with E-state index >= 15 is 0 Å². The zero-order valence-corrected chi connectivity index (χ0v) is 12.4. The lowest BCUT2D eigenvalue weighted by atomic mass is 10.1. The molecule has 2 rings (SSSR count). The number of benzene rings is 1. The van der Waals surface area contributed by atoms with Crippen LogP contribution in [0.15, 0.2) is 24.3 Å². The molecule has 0 atom stereocenters. The number of hydrogen-bond donors (Lipinski definition) is 1. The molecule has 0 aliphatic carbocycles. The summed E-state index contributed by atoms with van der Waals surface area (Å²) in [5, 5.41) is 4.02. The van der Waals surface area contributed by atoms with Gasteiger partial charge in [0.1, 0.15) is 0 Å². The lowest BCUT2D eigenvalue weighted by Crippen LogP contribution is -2.07. The molecule has 1 aromatic carbocycles. The summed E-state index contributed by atoms with van der Waals surface area (Å²) in [6, 6.07) is 5.57. The van der Waals surface area contributed by atoms with Crippen molar-refractivity contribution in [3.05, 3.63) is 35.5 Å². The largest absolute Gasteiger partial charge is 0.416 e. The van der Waals surface area contributed by atoms with E-state index in [-0.39, 0.29) is 0 Å². The van der Waals surface area contributed by atoms with Crippen molar-refractivity contribution < 1.29 is 13.2 Å². The van der Waals surface area contributed by atoms with E-state index in [0.717, 1.165) is 36.2 Å². The molecular weight excluding hydrogens is 277 g/mol. The van der Waals surface area contributed by atoms with E-state index in [0.29, 0.717) is 17.1 Å². The summed E-state index contributed by atoms with van der Waals surface area (Å²) in [5.74, 6) is 0.573. The number of fused-ring (bicyclic) bond motifs is 1. The molecule has 0 saturated heterocycles. The van der Waals surface area contributed by atoms with Gasteiger partial charge >= 0.3 is 6.18 Å². The smallest absolute Gasteiger partial charge is 0.384 e. The van der Waals surface area contributed by atoms with Crippen LogP contribution in [-0.2, 0) is 6.18 Å². The molecular formula is C16H19F3N2. The Bertz CT molecular complexity index is 633. The lowest BCUT2D eigenvalue weighted by Gasteiger charge is -2.13. The molecule has 21 heavy (non-hydrogen) atoms. The molecule has 0 radical (unpaired) electrons. The van der Waals surface area contributed by atoms with Crippen LogP contribution in [0.3, 0.4) is 0 Å². The highest BCUT2D eigenvalue weighted by Crippen LogP contribution is 2.33. The van der Waals surface area contributed by atoms with Gasteiger partial charge in [-0.25, -0.2) is 0 Å².